The van der Waals surface area contributed by atoms with Crippen molar-refractivity contribution in [2.45, 2.75) is 22.5 Å². The summed E-state index contributed by atoms with van der Waals surface area (Å²) in [5.74, 6) is -12.3. The summed E-state index contributed by atoms with van der Waals surface area (Å²) in [5.41, 5.74) is -4.76. The zero-order chi connectivity index (χ0) is 17.8. The number of hydrogen-bond acceptors (Lipinski definition) is 2. The number of aliphatic hydroxyl groups is 2. The van der Waals surface area contributed by atoms with Crippen LogP contribution in [0.15, 0.2) is 0 Å². The van der Waals surface area contributed by atoms with E-state index < -0.39 is 57.7 Å². The molecule has 1 aromatic rings. The van der Waals surface area contributed by atoms with Crippen LogP contribution < -0.4 is 0 Å². The van der Waals surface area contributed by atoms with E-state index in [0.29, 0.717) is 0 Å². The van der Waals surface area contributed by atoms with Gasteiger partial charge in [-0.15, -0.1) is 0 Å². The van der Waals surface area contributed by atoms with Gasteiger partial charge in [0.05, 0.1) is 11.2 Å². The maximum Gasteiger partial charge on any atom is 0.200 e. The summed E-state index contributed by atoms with van der Waals surface area (Å²) >= 11 is 3.49. The maximum absolute atomic E-state index is 14.5. The minimum absolute atomic E-state index is 0.0483. The summed E-state index contributed by atoms with van der Waals surface area (Å²) in [6, 6.07) is 0. The number of rotatable bonds is 1. The van der Waals surface area contributed by atoms with Gasteiger partial charge < -0.3 is 10.2 Å². The van der Waals surface area contributed by atoms with E-state index in [2.05, 4.69) is 15.9 Å². The average molecular weight is 423 g/mol. The van der Waals surface area contributed by atoms with Crippen LogP contribution >= 0.6 is 15.9 Å². The smallest absolute Gasteiger partial charge is 0.200 e. The summed E-state index contributed by atoms with van der Waals surface area (Å²) in [6.45, 7) is 0. The molecule has 0 spiro atoms. The zero-order valence-electron chi connectivity index (χ0n) is 12.5. The van der Waals surface area contributed by atoms with Gasteiger partial charge in [0.2, 0.25) is 5.82 Å². The molecule has 0 aliphatic heterocycles. The molecule has 2 N–H and O–H groups in total. The summed E-state index contributed by atoms with van der Waals surface area (Å²) < 4.78 is 69.9. The molecule has 7 rings (SSSR count). The van der Waals surface area contributed by atoms with E-state index in [1.807, 2.05) is 0 Å². The van der Waals surface area contributed by atoms with Crippen molar-refractivity contribution < 1.29 is 32.2 Å². The molecule has 10 atom stereocenters. The second kappa shape index (κ2) is 3.92. The van der Waals surface area contributed by atoms with Crippen LogP contribution in [0.5, 0.6) is 0 Å². The van der Waals surface area contributed by atoms with Crippen molar-refractivity contribution in [1.29, 1.82) is 0 Å². The summed E-state index contributed by atoms with van der Waals surface area (Å²) in [5, 5.41) is 22.7. The number of hydrogen-bond donors (Lipinski definition) is 2. The molecule has 0 aromatic heterocycles. The highest BCUT2D eigenvalue weighted by atomic mass is 79.9. The molecule has 0 radical (unpaired) electrons. The minimum atomic E-state index is -2.23. The molecule has 0 saturated heterocycles. The molecule has 2 nitrogen and oxygen atoms in total. The van der Waals surface area contributed by atoms with Crippen LogP contribution in [0.3, 0.4) is 0 Å². The lowest BCUT2D eigenvalue weighted by Gasteiger charge is -2.38. The molecule has 6 aliphatic rings. The van der Waals surface area contributed by atoms with Crippen molar-refractivity contribution in [3.05, 3.63) is 34.6 Å². The van der Waals surface area contributed by atoms with Crippen molar-refractivity contribution in [3.8, 4) is 0 Å². The Bertz CT molecular complexity index is 848. The van der Waals surface area contributed by atoms with Gasteiger partial charge in [-0.05, 0) is 36.0 Å². The Morgan fingerprint density at radius 3 is 1.88 bits per heavy atom. The molecule has 6 aliphatic carbocycles. The van der Waals surface area contributed by atoms with Crippen LogP contribution in [0, 0.1) is 70.5 Å². The van der Waals surface area contributed by atoms with Crippen LogP contribution in [0.2, 0.25) is 0 Å². The van der Waals surface area contributed by atoms with Crippen LogP contribution in [-0.2, 0) is 5.60 Å². The van der Waals surface area contributed by atoms with Crippen molar-refractivity contribution in [3.63, 3.8) is 0 Å². The third kappa shape index (κ3) is 1.16. The zero-order valence-corrected chi connectivity index (χ0v) is 14.1. The Hall–Kier alpha value is -0.730. The van der Waals surface area contributed by atoms with E-state index in [0.717, 1.165) is 6.42 Å². The molecule has 0 amide bonds. The van der Waals surface area contributed by atoms with Crippen LogP contribution in [0.25, 0.3) is 0 Å². The highest BCUT2D eigenvalue weighted by Gasteiger charge is 2.93. The van der Waals surface area contributed by atoms with E-state index >= 15 is 0 Å². The van der Waals surface area contributed by atoms with Gasteiger partial charge in [0.15, 0.2) is 23.3 Å². The van der Waals surface area contributed by atoms with Gasteiger partial charge in [-0.25, -0.2) is 22.0 Å². The van der Waals surface area contributed by atoms with E-state index in [4.69, 9.17) is 0 Å². The lowest BCUT2D eigenvalue weighted by molar-refractivity contribution is -0.0802. The third-order valence-electron chi connectivity index (χ3n) is 8.08. The van der Waals surface area contributed by atoms with Gasteiger partial charge in [0, 0.05) is 16.7 Å². The highest BCUT2D eigenvalue weighted by molar-refractivity contribution is 9.09. The summed E-state index contributed by atoms with van der Waals surface area (Å²) in [4.78, 5) is -0.324. The van der Waals surface area contributed by atoms with Gasteiger partial charge in [-0.2, -0.15) is 0 Å². The Balaban J connectivity index is 1.66. The molecule has 0 heterocycles. The van der Waals surface area contributed by atoms with E-state index in [-0.39, 0.29) is 34.4 Å². The van der Waals surface area contributed by atoms with E-state index in [1.54, 1.807) is 0 Å². The second-order valence-electron chi connectivity index (χ2n) is 8.31. The topological polar surface area (TPSA) is 40.5 Å². The molecule has 134 valence electrons. The molecular formula is C17H12BrF5O2. The Labute approximate surface area is 147 Å². The second-order valence-corrected chi connectivity index (χ2v) is 9.29. The third-order valence-corrected chi connectivity index (χ3v) is 9.42. The first-order valence-corrected chi connectivity index (χ1v) is 9.20. The molecule has 1 aromatic carbocycles. The van der Waals surface area contributed by atoms with Gasteiger partial charge in [-0.3, -0.25) is 0 Å². The molecular weight excluding hydrogens is 411 g/mol. The van der Waals surface area contributed by atoms with E-state index in [1.165, 1.54) is 0 Å². The first-order chi connectivity index (χ1) is 11.7. The first-order valence-electron chi connectivity index (χ1n) is 8.29. The predicted molar refractivity (Wildman–Crippen MR) is 76.8 cm³/mol. The number of benzene rings is 1. The van der Waals surface area contributed by atoms with Crippen molar-refractivity contribution in [1.82, 2.24) is 0 Å². The molecule has 6 bridgehead atoms. The molecule has 25 heavy (non-hydrogen) atoms. The maximum atomic E-state index is 14.5. The lowest BCUT2D eigenvalue weighted by atomic mass is 9.69. The van der Waals surface area contributed by atoms with Crippen molar-refractivity contribution >= 4 is 15.9 Å². The fraction of sp³-hybridized carbons (Fsp3) is 0.647. The molecule has 6 saturated carbocycles. The Morgan fingerprint density at radius 1 is 0.800 bits per heavy atom. The number of alkyl halides is 1. The van der Waals surface area contributed by atoms with E-state index in [9.17, 15) is 32.2 Å². The first kappa shape index (κ1) is 15.3. The molecule has 6 fully saturated rings. The van der Waals surface area contributed by atoms with Crippen molar-refractivity contribution in [2.75, 3.05) is 0 Å². The van der Waals surface area contributed by atoms with Crippen LogP contribution in [0.1, 0.15) is 12.0 Å². The monoisotopic (exact) mass is 422 g/mol. The quantitative estimate of drug-likeness (QED) is 0.316. The fourth-order valence-corrected chi connectivity index (χ4v) is 9.26. The van der Waals surface area contributed by atoms with Crippen LogP contribution in [0.4, 0.5) is 22.0 Å². The fourth-order valence-electron chi connectivity index (χ4n) is 7.93. The minimum Gasteiger partial charge on any atom is -0.388 e. The standard InChI is InChI=1S/C17H12BrF5O2/c18-15-5-3-1-2-4(5)14-16(24,6(2)7(3)17(14,15)25)8-9(19)11(21)13(23)12(22)10(8)20/h2-7,14-15,24-25H,1H2/t2-,3+,4+,5-,6+,7+,14+,15+,16-,17-/m0/s1. The van der Waals surface area contributed by atoms with Gasteiger partial charge in [-0.1, -0.05) is 15.9 Å². The molecule has 8 heteroatoms. The van der Waals surface area contributed by atoms with Gasteiger partial charge >= 0.3 is 0 Å². The number of halogens is 6. The van der Waals surface area contributed by atoms with Gasteiger partial charge in [0.1, 0.15) is 5.60 Å². The van der Waals surface area contributed by atoms with Crippen LogP contribution in [-0.4, -0.2) is 20.6 Å². The Morgan fingerprint density at radius 2 is 1.32 bits per heavy atom. The largest absolute Gasteiger partial charge is 0.388 e. The molecule has 0 unspecified atom stereocenters. The summed E-state index contributed by atoms with van der Waals surface area (Å²) in [7, 11) is 0. The highest BCUT2D eigenvalue weighted by Crippen LogP contribution is 2.89. The van der Waals surface area contributed by atoms with Gasteiger partial charge in [0.25, 0.3) is 0 Å². The lowest BCUT2D eigenvalue weighted by Crippen LogP contribution is -2.47. The predicted octanol–water partition coefficient (Wildman–Crippen LogP) is 2.84. The Kier molecular flexibility index (Phi) is 2.40. The average Bonchev–Trinajstić information content (AvgIpc) is 3.28. The summed E-state index contributed by atoms with van der Waals surface area (Å²) in [6.07, 6.45) is 0.725. The van der Waals surface area contributed by atoms with Crippen molar-refractivity contribution in [2.24, 2.45) is 41.4 Å². The SMILES string of the molecule is O[C@]1(c2c(F)c(F)c(F)c(F)c2F)[C@@H]2[C@H]3C[C@@H]4[C@H]5[C@@H]3[C@H]1[C@@](O)([C@H]42)[C@@H]5Br. The normalized spacial score (nSPS) is 56.2.